The largest absolute Gasteiger partial charge is 0.490 e. The van der Waals surface area contributed by atoms with Gasteiger partial charge in [-0.1, -0.05) is 18.2 Å². The zero-order valence-corrected chi connectivity index (χ0v) is 17.5. The van der Waals surface area contributed by atoms with E-state index in [0.717, 1.165) is 11.1 Å². The Balaban J connectivity index is 1.62. The lowest BCUT2D eigenvalue weighted by atomic mass is 10.1. The number of nitrogens with two attached hydrogens (primary N) is 1. The first kappa shape index (κ1) is 21.6. The number of aliphatic imine (C=N–C) groups is 1. The van der Waals surface area contributed by atoms with Crippen molar-refractivity contribution in [3.05, 3.63) is 65.0 Å². The summed E-state index contributed by atoms with van der Waals surface area (Å²) < 4.78 is 20.0. The normalized spacial score (nSPS) is 14.8. The smallest absolute Gasteiger partial charge is 0.248 e. The second-order valence-corrected chi connectivity index (χ2v) is 7.57. The van der Waals surface area contributed by atoms with Gasteiger partial charge >= 0.3 is 0 Å². The van der Waals surface area contributed by atoms with E-state index in [1.165, 1.54) is 18.9 Å². The van der Waals surface area contributed by atoms with Crippen molar-refractivity contribution in [2.24, 2.45) is 16.6 Å². The van der Waals surface area contributed by atoms with Gasteiger partial charge in [0.15, 0.2) is 17.5 Å². The van der Waals surface area contributed by atoms with Crippen LogP contribution in [0.3, 0.4) is 0 Å². The molecule has 4 N–H and O–H groups in total. The van der Waals surface area contributed by atoms with Crippen LogP contribution in [0.5, 0.6) is 5.75 Å². The van der Waals surface area contributed by atoms with Gasteiger partial charge in [-0.15, -0.1) is 0 Å². The number of rotatable bonds is 9. The van der Waals surface area contributed by atoms with Gasteiger partial charge in [0.05, 0.1) is 19.2 Å². The Bertz CT molecular complexity index is 895. The number of hydrogen-bond donors (Lipinski definition) is 3. The van der Waals surface area contributed by atoms with E-state index in [0.29, 0.717) is 42.9 Å². The molecule has 0 heterocycles. The molecule has 7 heteroatoms. The molecule has 1 aliphatic rings. The molecule has 2 aromatic carbocycles. The Labute approximate surface area is 176 Å². The van der Waals surface area contributed by atoms with E-state index < -0.39 is 5.91 Å². The summed E-state index contributed by atoms with van der Waals surface area (Å²) in [5.41, 5.74) is 7.49. The lowest BCUT2D eigenvalue weighted by molar-refractivity contribution is 0.100. The summed E-state index contributed by atoms with van der Waals surface area (Å²) in [6.07, 6.45) is 2.34. The van der Waals surface area contributed by atoms with Crippen molar-refractivity contribution in [1.29, 1.82) is 0 Å². The summed E-state index contributed by atoms with van der Waals surface area (Å²) in [5.74, 6) is 0.704. The molecule has 1 fully saturated rings. The average molecular weight is 413 g/mol. The molecule has 0 bridgehead atoms. The second kappa shape index (κ2) is 10.1. The fraction of sp³-hybridized carbons (Fsp3) is 0.391. The van der Waals surface area contributed by atoms with Gasteiger partial charge in [-0.2, -0.15) is 0 Å². The molecule has 0 radical (unpaired) electrons. The summed E-state index contributed by atoms with van der Waals surface area (Å²) in [7, 11) is 0. The zero-order chi connectivity index (χ0) is 21.5. The van der Waals surface area contributed by atoms with Crippen molar-refractivity contribution in [1.82, 2.24) is 10.6 Å². The lowest BCUT2D eigenvalue weighted by Gasteiger charge is -2.19. The molecule has 6 nitrogen and oxygen atoms in total. The number of benzene rings is 2. The maximum atomic E-state index is 14.4. The van der Waals surface area contributed by atoms with Gasteiger partial charge < -0.3 is 21.1 Å². The molecule has 0 saturated heterocycles. The van der Waals surface area contributed by atoms with Crippen molar-refractivity contribution in [2.75, 3.05) is 13.2 Å². The number of nitrogens with zero attached hydrogens (tertiary/aromatic N) is 1. The zero-order valence-electron chi connectivity index (χ0n) is 17.5. The molecule has 0 aliphatic heterocycles. The van der Waals surface area contributed by atoms with Gasteiger partial charge in [0, 0.05) is 12.1 Å². The summed E-state index contributed by atoms with van der Waals surface area (Å²) in [6.45, 7) is 5.65. The highest BCUT2D eigenvalue weighted by molar-refractivity contribution is 5.92. The Kier molecular flexibility index (Phi) is 7.27. The van der Waals surface area contributed by atoms with Crippen LogP contribution in [0.4, 0.5) is 4.39 Å². The van der Waals surface area contributed by atoms with Crippen molar-refractivity contribution >= 4 is 11.9 Å². The van der Waals surface area contributed by atoms with E-state index in [2.05, 4.69) is 15.6 Å². The van der Waals surface area contributed by atoms with E-state index in [1.54, 1.807) is 18.2 Å². The minimum absolute atomic E-state index is 0.146. The third-order valence-electron chi connectivity index (χ3n) is 4.98. The Hall–Kier alpha value is -3.09. The van der Waals surface area contributed by atoms with Crippen LogP contribution in [0.1, 0.15) is 54.2 Å². The minimum atomic E-state index is -0.454. The quantitative estimate of drug-likeness (QED) is 0.434. The molecule has 1 unspecified atom stereocenters. The highest BCUT2D eigenvalue weighted by Gasteiger charge is 2.22. The van der Waals surface area contributed by atoms with Crippen molar-refractivity contribution < 1.29 is 13.9 Å². The molecule has 160 valence electrons. The van der Waals surface area contributed by atoms with Gasteiger partial charge in [0.25, 0.3) is 0 Å². The summed E-state index contributed by atoms with van der Waals surface area (Å²) >= 11 is 0. The van der Waals surface area contributed by atoms with E-state index in [-0.39, 0.29) is 11.9 Å². The first-order chi connectivity index (χ1) is 14.5. The van der Waals surface area contributed by atoms with Crippen LogP contribution in [0.25, 0.3) is 0 Å². The molecule has 1 saturated carbocycles. The van der Waals surface area contributed by atoms with Crippen LogP contribution in [-0.2, 0) is 6.54 Å². The molecule has 2 aromatic rings. The molecule has 1 aliphatic carbocycles. The number of halogens is 1. The van der Waals surface area contributed by atoms with Crippen LogP contribution in [0.15, 0.2) is 47.5 Å². The monoisotopic (exact) mass is 412 g/mol. The maximum Gasteiger partial charge on any atom is 0.248 e. The molecule has 1 atom stereocenters. The van der Waals surface area contributed by atoms with E-state index >= 15 is 0 Å². The minimum Gasteiger partial charge on any atom is -0.490 e. The van der Waals surface area contributed by atoms with Gasteiger partial charge in [0.1, 0.15) is 0 Å². The molecule has 3 rings (SSSR count). The standard InChI is InChI=1S/C23H29FN4O2/c1-3-26-23(27-13-16-6-8-18(9-7-16)22(25)29)28-15(2)19-10-11-21(20(24)12-19)30-14-17-4-5-17/h6-12,15,17H,3-5,13-14H2,1-2H3,(H2,25,29)(H2,26,27,28). The van der Waals surface area contributed by atoms with E-state index in [9.17, 15) is 9.18 Å². The van der Waals surface area contributed by atoms with Crippen molar-refractivity contribution in [2.45, 2.75) is 39.3 Å². The van der Waals surface area contributed by atoms with Gasteiger partial charge in [-0.25, -0.2) is 9.38 Å². The number of carbonyl (C=O) groups excluding carboxylic acids is 1. The van der Waals surface area contributed by atoms with Gasteiger partial charge in [-0.3, -0.25) is 4.79 Å². The van der Waals surface area contributed by atoms with Gasteiger partial charge in [-0.05, 0) is 68.0 Å². The average Bonchev–Trinajstić information content (AvgIpc) is 3.56. The topological polar surface area (TPSA) is 88.7 Å². The predicted molar refractivity (Wildman–Crippen MR) is 116 cm³/mol. The molecule has 30 heavy (non-hydrogen) atoms. The number of primary amides is 1. The van der Waals surface area contributed by atoms with Crippen LogP contribution >= 0.6 is 0 Å². The van der Waals surface area contributed by atoms with Crippen molar-refractivity contribution in [3.63, 3.8) is 0 Å². The molecule has 1 amide bonds. The number of amides is 1. The number of nitrogens with one attached hydrogen (secondary N) is 2. The second-order valence-electron chi connectivity index (χ2n) is 7.57. The van der Waals surface area contributed by atoms with E-state index in [4.69, 9.17) is 10.5 Å². The predicted octanol–water partition coefficient (Wildman–Crippen LogP) is 3.53. The number of hydrogen-bond acceptors (Lipinski definition) is 3. The highest BCUT2D eigenvalue weighted by atomic mass is 19.1. The first-order valence-corrected chi connectivity index (χ1v) is 10.3. The Morgan fingerprint density at radius 2 is 2.00 bits per heavy atom. The Morgan fingerprint density at radius 1 is 1.27 bits per heavy atom. The van der Waals surface area contributed by atoms with Crippen molar-refractivity contribution in [3.8, 4) is 5.75 Å². The number of carbonyl (C=O) groups is 1. The molecular formula is C23H29FN4O2. The van der Waals surface area contributed by atoms with E-state index in [1.807, 2.05) is 32.0 Å². The molecule has 0 spiro atoms. The van der Waals surface area contributed by atoms with Gasteiger partial charge in [0.2, 0.25) is 5.91 Å². The number of ether oxygens (including phenoxy) is 1. The maximum absolute atomic E-state index is 14.4. The fourth-order valence-electron chi connectivity index (χ4n) is 2.95. The SMILES string of the molecule is CCNC(=NCc1ccc(C(N)=O)cc1)NC(C)c1ccc(OCC2CC2)c(F)c1. The Morgan fingerprint density at radius 3 is 2.60 bits per heavy atom. The summed E-state index contributed by atoms with van der Waals surface area (Å²) in [6, 6.07) is 11.9. The van der Waals surface area contributed by atoms with Crippen LogP contribution < -0.4 is 21.1 Å². The lowest BCUT2D eigenvalue weighted by Crippen LogP contribution is -2.38. The van der Waals surface area contributed by atoms with Crippen LogP contribution in [0.2, 0.25) is 0 Å². The fourth-order valence-corrected chi connectivity index (χ4v) is 2.95. The first-order valence-electron chi connectivity index (χ1n) is 10.3. The summed E-state index contributed by atoms with van der Waals surface area (Å²) in [5, 5.41) is 6.49. The third kappa shape index (κ3) is 6.20. The molecule has 0 aromatic heterocycles. The molecular weight excluding hydrogens is 383 g/mol. The highest BCUT2D eigenvalue weighted by Crippen LogP contribution is 2.30. The third-order valence-corrected chi connectivity index (χ3v) is 4.98. The van der Waals surface area contributed by atoms with Crippen LogP contribution in [-0.4, -0.2) is 25.0 Å². The summed E-state index contributed by atoms with van der Waals surface area (Å²) in [4.78, 5) is 15.8. The van der Waals surface area contributed by atoms with Crippen LogP contribution in [0, 0.1) is 11.7 Å². The number of guanidine groups is 1.